The number of aromatic nitrogens is 3. The average Bonchev–Trinajstić information content (AvgIpc) is 3.31. The lowest BCUT2D eigenvalue weighted by Gasteiger charge is -2.17. The Morgan fingerprint density at radius 1 is 1.27 bits per heavy atom. The van der Waals surface area contributed by atoms with Crippen LogP contribution in [0.2, 0.25) is 0 Å². The summed E-state index contributed by atoms with van der Waals surface area (Å²) in [6.07, 6.45) is 4.02. The van der Waals surface area contributed by atoms with Gasteiger partial charge in [0.2, 0.25) is 0 Å². The largest absolute Gasteiger partial charge is 0.356 e. The molecule has 3 aromatic rings. The Hall–Kier alpha value is -2.50. The van der Waals surface area contributed by atoms with Crippen molar-refractivity contribution in [1.29, 1.82) is 0 Å². The van der Waals surface area contributed by atoms with Gasteiger partial charge in [-0.3, -0.25) is 0 Å². The van der Waals surface area contributed by atoms with E-state index in [9.17, 15) is 4.39 Å². The third-order valence-electron chi connectivity index (χ3n) is 3.96. The third-order valence-corrected chi connectivity index (χ3v) is 3.96. The summed E-state index contributed by atoms with van der Waals surface area (Å²) in [4.78, 5) is 10.6. The highest BCUT2D eigenvalue weighted by atomic mass is 19.1. The van der Waals surface area contributed by atoms with Crippen LogP contribution in [-0.4, -0.2) is 22.2 Å². The molecule has 1 saturated carbocycles. The van der Waals surface area contributed by atoms with Gasteiger partial charge in [-0.25, -0.2) is 14.4 Å². The van der Waals surface area contributed by atoms with Crippen LogP contribution in [0.25, 0.3) is 11.0 Å². The van der Waals surface area contributed by atoms with Crippen molar-refractivity contribution in [1.82, 2.24) is 15.1 Å². The zero-order valence-corrected chi connectivity index (χ0v) is 12.2. The Morgan fingerprint density at radius 3 is 2.95 bits per heavy atom. The zero-order chi connectivity index (χ0) is 15.1. The third kappa shape index (κ3) is 2.41. The van der Waals surface area contributed by atoms with Crippen LogP contribution in [0.5, 0.6) is 0 Å². The molecule has 4 rings (SSSR count). The first kappa shape index (κ1) is 13.2. The van der Waals surface area contributed by atoms with E-state index >= 15 is 0 Å². The summed E-state index contributed by atoms with van der Waals surface area (Å²) >= 11 is 0. The van der Waals surface area contributed by atoms with Crippen LogP contribution in [0.15, 0.2) is 35.1 Å². The summed E-state index contributed by atoms with van der Waals surface area (Å²) < 4.78 is 18.4. The summed E-state index contributed by atoms with van der Waals surface area (Å²) in [6.45, 7) is 0.541. The molecule has 2 heterocycles. The standard InChI is InChI=1S/C16H15FN4O/c1-21(16-7-13(10-2-3-10)18-9-19-16)8-14-12-5-4-11(17)6-15(12)22-20-14/h4-7,9-10H,2-3,8H2,1H3. The van der Waals surface area contributed by atoms with Crippen molar-refractivity contribution >= 4 is 16.8 Å². The van der Waals surface area contributed by atoms with E-state index in [4.69, 9.17) is 4.52 Å². The fraction of sp³-hybridized carbons (Fsp3) is 0.312. The van der Waals surface area contributed by atoms with Gasteiger partial charge in [-0.15, -0.1) is 0 Å². The van der Waals surface area contributed by atoms with Gasteiger partial charge in [-0.1, -0.05) is 5.16 Å². The second-order valence-corrected chi connectivity index (χ2v) is 5.70. The Bertz CT molecular complexity index is 828. The van der Waals surface area contributed by atoms with E-state index in [1.165, 1.54) is 25.0 Å². The quantitative estimate of drug-likeness (QED) is 0.740. The van der Waals surface area contributed by atoms with E-state index in [1.54, 1.807) is 12.4 Å². The zero-order valence-electron chi connectivity index (χ0n) is 12.2. The van der Waals surface area contributed by atoms with E-state index in [-0.39, 0.29) is 5.82 Å². The highest BCUT2D eigenvalue weighted by Crippen LogP contribution is 2.39. The summed E-state index contributed by atoms with van der Waals surface area (Å²) in [5.41, 5.74) is 2.33. The minimum absolute atomic E-state index is 0.326. The number of halogens is 1. The SMILES string of the molecule is CN(Cc1noc2cc(F)ccc12)c1cc(C2CC2)ncn1. The predicted molar refractivity (Wildman–Crippen MR) is 80.1 cm³/mol. The van der Waals surface area contributed by atoms with Crippen LogP contribution in [0.3, 0.4) is 0 Å². The summed E-state index contributed by atoms with van der Waals surface area (Å²) in [5, 5.41) is 4.87. The Kier molecular flexibility index (Phi) is 3.03. The van der Waals surface area contributed by atoms with Gasteiger partial charge in [0, 0.05) is 36.2 Å². The van der Waals surface area contributed by atoms with Crippen molar-refractivity contribution < 1.29 is 8.91 Å². The van der Waals surface area contributed by atoms with E-state index in [0.717, 1.165) is 22.6 Å². The molecule has 0 saturated heterocycles. The maximum absolute atomic E-state index is 13.2. The van der Waals surface area contributed by atoms with Crippen molar-refractivity contribution in [3.63, 3.8) is 0 Å². The Morgan fingerprint density at radius 2 is 2.14 bits per heavy atom. The number of rotatable bonds is 4. The van der Waals surface area contributed by atoms with E-state index in [1.807, 2.05) is 18.0 Å². The maximum atomic E-state index is 13.2. The van der Waals surface area contributed by atoms with Gasteiger partial charge in [0.05, 0.1) is 6.54 Å². The fourth-order valence-electron chi connectivity index (χ4n) is 2.56. The predicted octanol–water partition coefficient (Wildman–Crippen LogP) is 3.27. The number of benzene rings is 1. The van der Waals surface area contributed by atoms with Crippen molar-refractivity contribution in [3.8, 4) is 0 Å². The van der Waals surface area contributed by atoms with Crippen LogP contribution in [0.1, 0.15) is 30.1 Å². The van der Waals surface area contributed by atoms with E-state index in [2.05, 4.69) is 15.1 Å². The molecular weight excluding hydrogens is 283 g/mol. The number of hydrogen-bond donors (Lipinski definition) is 0. The van der Waals surface area contributed by atoms with Crippen molar-refractivity contribution in [3.05, 3.63) is 47.8 Å². The number of anilines is 1. The molecule has 1 aliphatic rings. The molecule has 0 N–H and O–H groups in total. The maximum Gasteiger partial charge on any atom is 0.170 e. The molecule has 0 bridgehead atoms. The lowest BCUT2D eigenvalue weighted by Crippen LogP contribution is -2.18. The molecule has 0 spiro atoms. The molecular formula is C16H15FN4O. The molecule has 0 unspecified atom stereocenters. The van der Waals surface area contributed by atoms with Gasteiger partial charge in [-0.05, 0) is 25.0 Å². The molecule has 112 valence electrons. The van der Waals surface area contributed by atoms with Crippen molar-refractivity contribution in [2.75, 3.05) is 11.9 Å². The highest BCUT2D eigenvalue weighted by Gasteiger charge is 2.25. The molecule has 22 heavy (non-hydrogen) atoms. The first-order valence-corrected chi connectivity index (χ1v) is 7.27. The molecule has 5 nitrogen and oxygen atoms in total. The van der Waals surface area contributed by atoms with Crippen LogP contribution < -0.4 is 4.90 Å². The van der Waals surface area contributed by atoms with Crippen LogP contribution >= 0.6 is 0 Å². The van der Waals surface area contributed by atoms with Gasteiger partial charge >= 0.3 is 0 Å². The first-order chi connectivity index (χ1) is 10.7. The van der Waals surface area contributed by atoms with Crippen LogP contribution in [0, 0.1) is 5.82 Å². The molecule has 2 aromatic heterocycles. The van der Waals surface area contributed by atoms with Gasteiger partial charge in [0.25, 0.3) is 0 Å². The monoisotopic (exact) mass is 298 g/mol. The topological polar surface area (TPSA) is 55.1 Å². The summed E-state index contributed by atoms with van der Waals surface area (Å²) in [7, 11) is 1.95. The molecule has 0 aliphatic heterocycles. The smallest absolute Gasteiger partial charge is 0.170 e. The number of nitrogens with zero attached hydrogens (tertiary/aromatic N) is 4. The van der Waals surface area contributed by atoms with Crippen LogP contribution in [0.4, 0.5) is 10.2 Å². The van der Waals surface area contributed by atoms with Gasteiger partial charge in [0.1, 0.15) is 23.7 Å². The second-order valence-electron chi connectivity index (χ2n) is 5.70. The molecule has 1 aliphatic carbocycles. The molecule has 0 radical (unpaired) electrons. The second kappa shape index (κ2) is 5.05. The fourth-order valence-corrected chi connectivity index (χ4v) is 2.56. The van der Waals surface area contributed by atoms with E-state index in [0.29, 0.717) is 18.0 Å². The molecule has 1 aromatic carbocycles. The van der Waals surface area contributed by atoms with Crippen LogP contribution in [-0.2, 0) is 6.54 Å². The number of hydrogen-bond acceptors (Lipinski definition) is 5. The molecule has 0 atom stereocenters. The minimum atomic E-state index is -0.326. The first-order valence-electron chi connectivity index (χ1n) is 7.27. The lowest BCUT2D eigenvalue weighted by molar-refractivity contribution is 0.444. The molecule has 0 amide bonds. The minimum Gasteiger partial charge on any atom is -0.356 e. The van der Waals surface area contributed by atoms with Gasteiger partial charge in [-0.2, -0.15) is 0 Å². The van der Waals surface area contributed by atoms with Crippen molar-refractivity contribution in [2.24, 2.45) is 0 Å². The molecule has 6 heteroatoms. The number of fused-ring (bicyclic) bond motifs is 1. The lowest BCUT2D eigenvalue weighted by atomic mass is 10.2. The van der Waals surface area contributed by atoms with Gasteiger partial charge in [0.15, 0.2) is 5.58 Å². The van der Waals surface area contributed by atoms with Crippen molar-refractivity contribution in [2.45, 2.75) is 25.3 Å². The Balaban J connectivity index is 1.60. The normalized spacial score (nSPS) is 14.5. The highest BCUT2D eigenvalue weighted by molar-refractivity contribution is 5.79. The van der Waals surface area contributed by atoms with Gasteiger partial charge < -0.3 is 9.42 Å². The Labute approximate surface area is 126 Å². The van der Waals surface area contributed by atoms with E-state index < -0.39 is 0 Å². The summed E-state index contributed by atoms with van der Waals surface area (Å²) in [6, 6.07) is 6.49. The average molecular weight is 298 g/mol. The summed E-state index contributed by atoms with van der Waals surface area (Å²) in [5.74, 6) is 1.12. The molecule has 1 fully saturated rings.